The first kappa shape index (κ1) is 16.7. The molecule has 2 heterocycles. The molecule has 0 spiro atoms. The van der Waals surface area contributed by atoms with Gasteiger partial charge in [-0.1, -0.05) is 23.7 Å². The number of carbonyl (C=O) groups is 1. The normalized spacial score (nSPS) is 12.2. The average molecular weight is 364 g/mol. The molecule has 7 heteroatoms. The van der Waals surface area contributed by atoms with Crippen molar-refractivity contribution in [3.63, 3.8) is 0 Å². The molecular weight excluding hydrogens is 350 g/mol. The van der Waals surface area contributed by atoms with Crippen LogP contribution >= 0.6 is 22.9 Å². The number of ether oxygens (including phenoxy) is 1. The van der Waals surface area contributed by atoms with Crippen LogP contribution in [0.15, 0.2) is 51.7 Å². The van der Waals surface area contributed by atoms with Crippen molar-refractivity contribution in [2.75, 3.05) is 13.7 Å². The standard InChI is InChI=1S/C17H14ClNO4S/c1-22-14(15-6-7-16(18)24-15)9-19-17(21)13-8-11(20)10-4-2-3-5-12(10)23-13/h2-8,14H,9H2,1H3,(H,19,21)/t14-/m0/s1. The fourth-order valence-corrected chi connectivity index (χ4v) is 3.43. The number of nitrogens with one attached hydrogen (secondary N) is 1. The van der Waals surface area contributed by atoms with Crippen molar-refractivity contribution >= 4 is 39.8 Å². The fraction of sp³-hybridized carbons (Fsp3) is 0.176. The second-order valence-electron chi connectivity index (χ2n) is 5.05. The van der Waals surface area contributed by atoms with Crippen molar-refractivity contribution in [3.05, 3.63) is 67.7 Å². The molecular formula is C17H14ClNO4S. The Morgan fingerprint density at radius 3 is 2.83 bits per heavy atom. The molecule has 3 rings (SSSR count). The third kappa shape index (κ3) is 3.51. The van der Waals surface area contributed by atoms with Gasteiger partial charge in [0.25, 0.3) is 5.91 Å². The quantitative estimate of drug-likeness (QED) is 0.751. The van der Waals surface area contributed by atoms with Crippen molar-refractivity contribution < 1.29 is 13.9 Å². The van der Waals surface area contributed by atoms with Gasteiger partial charge in [0.05, 0.1) is 9.72 Å². The predicted octanol–water partition coefficient (Wildman–Crippen LogP) is 3.63. The van der Waals surface area contributed by atoms with Crippen molar-refractivity contribution in [2.45, 2.75) is 6.10 Å². The van der Waals surface area contributed by atoms with Crippen LogP contribution in [0, 0.1) is 0 Å². The molecule has 0 aliphatic heterocycles. The number of para-hydroxylation sites is 1. The number of fused-ring (bicyclic) bond motifs is 1. The number of rotatable bonds is 5. The summed E-state index contributed by atoms with van der Waals surface area (Å²) in [5, 5.41) is 3.16. The minimum Gasteiger partial charge on any atom is -0.451 e. The molecule has 3 aromatic rings. The lowest BCUT2D eigenvalue weighted by Crippen LogP contribution is -2.29. The molecule has 0 bridgehead atoms. The van der Waals surface area contributed by atoms with Crippen LogP contribution in [-0.2, 0) is 4.74 Å². The summed E-state index contributed by atoms with van der Waals surface area (Å²) in [6, 6.07) is 11.6. The number of hydrogen-bond donors (Lipinski definition) is 1. The third-order valence-electron chi connectivity index (χ3n) is 3.50. The third-order valence-corrected chi connectivity index (χ3v) is 4.83. The zero-order valence-electron chi connectivity index (χ0n) is 12.7. The first-order valence-corrected chi connectivity index (χ1v) is 8.37. The predicted molar refractivity (Wildman–Crippen MR) is 93.9 cm³/mol. The monoisotopic (exact) mass is 363 g/mol. The number of hydrogen-bond acceptors (Lipinski definition) is 5. The van der Waals surface area contributed by atoms with Crippen LogP contribution in [0.1, 0.15) is 21.5 Å². The summed E-state index contributed by atoms with van der Waals surface area (Å²) in [5.41, 5.74) is 0.124. The highest BCUT2D eigenvalue weighted by Crippen LogP contribution is 2.28. The number of amides is 1. The Labute approximate surface area is 146 Å². The van der Waals surface area contributed by atoms with Crippen LogP contribution in [0.3, 0.4) is 0 Å². The first-order chi connectivity index (χ1) is 11.6. The summed E-state index contributed by atoms with van der Waals surface area (Å²) < 4.78 is 11.5. The van der Waals surface area contributed by atoms with E-state index in [1.54, 1.807) is 37.4 Å². The van der Waals surface area contributed by atoms with Gasteiger partial charge in [-0.2, -0.15) is 0 Å². The van der Waals surface area contributed by atoms with E-state index in [1.807, 2.05) is 6.07 Å². The zero-order valence-corrected chi connectivity index (χ0v) is 14.3. The molecule has 124 valence electrons. The molecule has 2 aromatic heterocycles. The van der Waals surface area contributed by atoms with Gasteiger partial charge in [0.2, 0.25) is 0 Å². The van der Waals surface area contributed by atoms with Crippen LogP contribution in [0.2, 0.25) is 4.34 Å². The minimum atomic E-state index is -0.470. The molecule has 0 saturated heterocycles. The number of carbonyl (C=O) groups excluding carboxylic acids is 1. The van der Waals surface area contributed by atoms with E-state index in [9.17, 15) is 9.59 Å². The van der Waals surface area contributed by atoms with Crippen molar-refractivity contribution in [1.82, 2.24) is 5.32 Å². The Morgan fingerprint density at radius 1 is 1.33 bits per heavy atom. The first-order valence-electron chi connectivity index (χ1n) is 7.17. The van der Waals surface area contributed by atoms with Crippen LogP contribution in [0.5, 0.6) is 0 Å². The topological polar surface area (TPSA) is 68.5 Å². The lowest BCUT2D eigenvalue weighted by molar-refractivity contribution is 0.0816. The molecule has 24 heavy (non-hydrogen) atoms. The van der Waals surface area contributed by atoms with E-state index in [0.29, 0.717) is 15.3 Å². The summed E-state index contributed by atoms with van der Waals surface area (Å²) in [4.78, 5) is 25.2. The van der Waals surface area contributed by atoms with Gasteiger partial charge in [0.1, 0.15) is 11.7 Å². The largest absolute Gasteiger partial charge is 0.451 e. The maximum absolute atomic E-state index is 12.3. The van der Waals surface area contributed by atoms with E-state index in [0.717, 1.165) is 4.88 Å². The molecule has 0 aliphatic carbocycles. The minimum absolute atomic E-state index is 0.0298. The van der Waals surface area contributed by atoms with Gasteiger partial charge in [-0.25, -0.2) is 0 Å². The number of methoxy groups -OCH3 is 1. The molecule has 0 aliphatic rings. The lowest BCUT2D eigenvalue weighted by atomic mass is 10.2. The van der Waals surface area contributed by atoms with E-state index in [1.165, 1.54) is 17.4 Å². The molecule has 1 amide bonds. The molecule has 0 fully saturated rings. The number of thiophene rings is 1. The molecule has 5 nitrogen and oxygen atoms in total. The summed E-state index contributed by atoms with van der Waals surface area (Å²) in [6.45, 7) is 0.239. The summed E-state index contributed by atoms with van der Waals surface area (Å²) in [7, 11) is 1.56. The summed E-state index contributed by atoms with van der Waals surface area (Å²) in [5.74, 6) is -0.500. The Balaban J connectivity index is 1.76. The van der Waals surface area contributed by atoms with Gasteiger partial charge in [0.15, 0.2) is 11.2 Å². The Morgan fingerprint density at radius 2 is 2.12 bits per heavy atom. The lowest BCUT2D eigenvalue weighted by Gasteiger charge is -2.14. The second-order valence-corrected chi connectivity index (χ2v) is 6.79. The Kier molecular flexibility index (Phi) is 4.99. The van der Waals surface area contributed by atoms with Gasteiger partial charge < -0.3 is 14.5 Å². The van der Waals surface area contributed by atoms with E-state index in [2.05, 4.69) is 5.32 Å². The van der Waals surface area contributed by atoms with Crippen molar-refractivity contribution in [1.29, 1.82) is 0 Å². The highest BCUT2D eigenvalue weighted by atomic mass is 35.5. The van der Waals surface area contributed by atoms with Crippen LogP contribution in [0.25, 0.3) is 11.0 Å². The molecule has 0 unspecified atom stereocenters. The summed E-state index contributed by atoms with van der Waals surface area (Å²) >= 11 is 7.31. The summed E-state index contributed by atoms with van der Waals surface area (Å²) in [6.07, 6.45) is -0.321. The van der Waals surface area contributed by atoms with Gasteiger partial charge in [-0.05, 0) is 24.3 Å². The fourth-order valence-electron chi connectivity index (χ4n) is 2.29. The molecule has 0 radical (unpaired) electrons. The average Bonchev–Trinajstić information content (AvgIpc) is 3.01. The Bertz CT molecular complexity index is 933. The smallest absolute Gasteiger partial charge is 0.287 e. The van der Waals surface area contributed by atoms with Crippen LogP contribution < -0.4 is 10.7 Å². The van der Waals surface area contributed by atoms with E-state index in [4.69, 9.17) is 20.8 Å². The van der Waals surface area contributed by atoms with Gasteiger partial charge in [-0.15, -0.1) is 11.3 Å². The molecule has 0 saturated carbocycles. The number of halogens is 1. The highest BCUT2D eigenvalue weighted by Gasteiger charge is 2.17. The van der Waals surface area contributed by atoms with Crippen LogP contribution in [-0.4, -0.2) is 19.6 Å². The molecule has 1 N–H and O–H groups in total. The number of benzene rings is 1. The highest BCUT2D eigenvalue weighted by molar-refractivity contribution is 7.16. The van der Waals surface area contributed by atoms with Gasteiger partial charge in [0, 0.05) is 24.6 Å². The zero-order chi connectivity index (χ0) is 17.1. The maximum atomic E-state index is 12.3. The Hall–Kier alpha value is -2.15. The van der Waals surface area contributed by atoms with E-state index in [-0.39, 0.29) is 23.8 Å². The molecule has 1 atom stereocenters. The maximum Gasteiger partial charge on any atom is 0.287 e. The second kappa shape index (κ2) is 7.17. The van der Waals surface area contributed by atoms with Gasteiger partial charge in [-0.3, -0.25) is 9.59 Å². The SMILES string of the molecule is CO[C@@H](CNC(=O)c1cc(=O)c2ccccc2o1)c1ccc(Cl)s1. The van der Waals surface area contributed by atoms with Gasteiger partial charge >= 0.3 is 0 Å². The van der Waals surface area contributed by atoms with Crippen molar-refractivity contribution in [2.24, 2.45) is 0 Å². The van der Waals surface area contributed by atoms with E-state index >= 15 is 0 Å². The van der Waals surface area contributed by atoms with Crippen LogP contribution in [0.4, 0.5) is 0 Å². The van der Waals surface area contributed by atoms with E-state index < -0.39 is 5.91 Å². The molecule has 1 aromatic carbocycles. The van der Waals surface area contributed by atoms with Crippen molar-refractivity contribution in [3.8, 4) is 0 Å².